The molecule has 1 unspecified atom stereocenters. The molecular weight excluding hydrogens is 198 g/mol. The summed E-state index contributed by atoms with van der Waals surface area (Å²) in [6, 6.07) is 10.2. The van der Waals surface area contributed by atoms with E-state index in [1.54, 1.807) is 0 Å². The molecule has 0 N–H and O–H groups in total. The molecule has 1 aromatic rings. The van der Waals surface area contributed by atoms with Gasteiger partial charge in [0.2, 0.25) is 5.84 Å². The number of fused-ring (bicyclic) bond motifs is 1. The molecule has 0 aromatic heterocycles. The predicted octanol–water partition coefficient (Wildman–Crippen LogP) is 2.29. The molecule has 2 heterocycles. The lowest BCUT2D eigenvalue weighted by atomic mass is 10.1. The number of aliphatic imine (C=N–C) groups is 2. The second kappa shape index (κ2) is 3.25. The number of nitrogens with zero attached hydrogens (tertiary/aromatic N) is 3. The number of hydrogen-bond donors (Lipinski definition) is 0. The molecule has 0 aliphatic carbocycles. The van der Waals surface area contributed by atoms with Crippen molar-refractivity contribution in [3.63, 3.8) is 0 Å². The zero-order valence-corrected chi connectivity index (χ0v) is 9.04. The molecule has 0 saturated heterocycles. The van der Waals surface area contributed by atoms with Gasteiger partial charge in [0.25, 0.3) is 0 Å². The zero-order chi connectivity index (χ0) is 11.0. The highest BCUT2D eigenvalue weighted by Gasteiger charge is 2.37. The van der Waals surface area contributed by atoms with Crippen molar-refractivity contribution >= 4 is 12.1 Å². The summed E-state index contributed by atoms with van der Waals surface area (Å²) in [5.41, 5.74) is 2.25. The van der Waals surface area contributed by atoms with E-state index in [2.05, 4.69) is 29.2 Å². The van der Waals surface area contributed by atoms with Crippen molar-refractivity contribution in [3.8, 4) is 0 Å². The second-order valence-electron chi connectivity index (χ2n) is 4.02. The van der Waals surface area contributed by atoms with Gasteiger partial charge in [0.1, 0.15) is 6.20 Å². The highest BCUT2D eigenvalue weighted by Crippen LogP contribution is 2.27. The van der Waals surface area contributed by atoms with E-state index in [0.29, 0.717) is 4.48 Å². The van der Waals surface area contributed by atoms with Crippen molar-refractivity contribution in [2.24, 2.45) is 9.98 Å². The van der Waals surface area contributed by atoms with Gasteiger partial charge in [0.15, 0.2) is 5.70 Å². The van der Waals surface area contributed by atoms with Crippen LogP contribution in [0.15, 0.2) is 64.6 Å². The van der Waals surface area contributed by atoms with Crippen molar-refractivity contribution in [1.82, 2.24) is 0 Å². The van der Waals surface area contributed by atoms with Crippen LogP contribution in [-0.4, -0.2) is 23.6 Å². The maximum atomic E-state index is 4.51. The van der Waals surface area contributed by atoms with Gasteiger partial charge in [0, 0.05) is 0 Å². The van der Waals surface area contributed by atoms with E-state index < -0.39 is 0 Å². The second-order valence-corrected chi connectivity index (χ2v) is 4.02. The number of allylic oxidation sites excluding steroid dienone is 1. The lowest BCUT2D eigenvalue weighted by Crippen LogP contribution is -2.42. The third-order valence-corrected chi connectivity index (χ3v) is 2.99. The Morgan fingerprint density at radius 3 is 2.75 bits per heavy atom. The number of quaternary nitrogens is 1. The average molecular weight is 210 g/mol. The summed E-state index contributed by atoms with van der Waals surface area (Å²) in [6.45, 7) is 0. The third kappa shape index (κ3) is 1.19. The molecule has 3 heteroatoms. The van der Waals surface area contributed by atoms with E-state index in [9.17, 15) is 0 Å². The normalized spacial score (nSPS) is 26.3. The van der Waals surface area contributed by atoms with E-state index in [1.807, 2.05) is 43.0 Å². The van der Waals surface area contributed by atoms with Gasteiger partial charge >= 0.3 is 0 Å². The number of rotatable bonds is 1. The monoisotopic (exact) mass is 210 g/mol. The summed E-state index contributed by atoms with van der Waals surface area (Å²) in [5.74, 6) is 1.04. The van der Waals surface area contributed by atoms with Gasteiger partial charge in [-0.2, -0.15) is 4.99 Å². The first-order valence-electron chi connectivity index (χ1n) is 5.22. The van der Waals surface area contributed by atoms with Crippen LogP contribution in [0.5, 0.6) is 0 Å². The molecular formula is C13H12N3+. The minimum Gasteiger partial charge on any atom is -0.253 e. The van der Waals surface area contributed by atoms with Crippen LogP contribution in [0.1, 0.15) is 5.56 Å². The van der Waals surface area contributed by atoms with Crippen LogP contribution in [-0.2, 0) is 0 Å². The molecule has 2 aliphatic heterocycles. The van der Waals surface area contributed by atoms with Gasteiger partial charge in [-0.15, -0.1) is 0 Å². The Hall–Kier alpha value is -2.00. The maximum absolute atomic E-state index is 4.51. The van der Waals surface area contributed by atoms with Crippen LogP contribution < -0.4 is 0 Å². The molecule has 1 atom stereocenters. The smallest absolute Gasteiger partial charge is 0.244 e. The van der Waals surface area contributed by atoms with Crippen LogP contribution in [0.2, 0.25) is 0 Å². The summed E-state index contributed by atoms with van der Waals surface area (Å²) in [5, 5.41) is 0. The zero-order valence-electron chi connectivity index (χ0n) is 9.04. The van der Waals surface area contributed by atoms with Gasteiger partial charge in [-0.05, 0) is 12.1 Å². The summed E-state index contributed by atoms with van der Waals surface area (Å²) in [6.07, 6.45) is 7.61. The van der Waals surface area contributed by atoms with Crippen LogP contribution >= 0.6 is 0 Å². The van der Waals surface area contributed by atoms with E-state index >= 15 is 0 Å². The van der Waals surface area contributed by atoms with Crippen LogP contribution in [0.25, 0.3) is 0 Å². The topological polar surface area (TPSA) is 24.7 Å². The SMILES string of the molecule is C[N+]12C=CN=CC1=CN=C2c1ccccc1. The fourth-order valence-corrected chi connectivity index (χ4v) is 2.02. The van der Waals surface area contributed by atoms with Crippen LogP contribution in [0.4, 0.5) is 0 Å². The summed E-state index contributed by atoms with van der Waals surface area (Å²) < 4.78 is 0.605. The van der Waals surface area contributed by atoms with Crippen molar-refractivity contribution in [2.75, 3.05) is 7.05 Å². The molecule has 3 nitrogen and oxygen atoms in total. The van der Waals surface area contributed by atoms with E-state index in [1.165, 1.54) is 0 Å². The first-order valence-corrected chi connectivity index (χ1v) is 5.22. The number of hydrogen-bond acceptors (Lipinski definition) is 2. The first kappa shape index (κ1) is 9.24. The number of amidine groups is 1. The Balaban J connectivity index is 2.08. The molecule has 1 aromatic carbocycles. The molecule has 3 rings (SSSR count). The fourth-order valence-electron chi connectivity index (χ4n) is 2.02. The lowest BCUT2D eigenvalue weighted by molar-refractivity contribution is -0.713. The molecule has 0 radical (unpaired) electrons. The highest BCUT2D eigenvalue weighted by atomic mass is 15.4. The maximum Gasteiger partial charge on any atom is 0.244 e. The minimum absolute atomic E-state index is 0.605. The van der Waals surface area contributed by atoms with Gasteiger partial charge in [-0.1, -0.05) is 18.2 Å². The Kier molecular flexibility index (Phi) is 1.88. The largest absolute Gasteiger partial charge is 0.253 e. The van der Waals surface area contributed by atoms with Crippen LogP contribution in [0, 0.1) is 0 Å². The van der Waals surface area contributed by atoms with E-state index in [-0.39, 0.29) is 0 Å². The molecule has 0 spiro atoms. The summed E-state index contributed by atoms with van der Waals surface area (Å²) >= 11 is 0. The van der Waals surface area contributed by atoms with Crippen molar-refractivity contribution in [3.05, 3.63) is 60.2 Å². The number of benzene rings is 1. The predicted molar refractivity (Wildman–Crippen MR) is 64.9 cm³/mol. The Bertz CT molecular complexity index is 538. The third-order valence-electron chi connectivity index (χ3n) is 2.99. The first-order chi connectivity index (χ1) is 7.81. The Labute approximate surface area is 94.4 Å². The van der Waals surface area contributed by atoms with E-state index in [0.717, 1.165) is 17.1 Å². The molecule has 0 saturated carbocycles. The fraction of sp³-hybridized carbons (Fsp3) is 0.0769. The minimum atomic E-state index is 0.605. The van der Waals surface area contributed by atoms with Gasteiger partial charge < -0.3 is 0 Å². The van der Waals surface area contributed by atoms with Gasteiger partial charge in [-0.25, -0.2) is 4.48 Å². The molecule has 78 valence electrons. The molecule has 16 heavy (non-hydrogen) atoms. The van der Waals surface area contributed by atoms with Crippen molar-refractivity contribution < 1.29 is 4.48 Å². The van der Waals surface area contributed by atoms with Gasteiger partial charge in [0.05, 0.1) is 31.2 Å². The Morgan fingerprint density at radius 1 is 1.12 bits per heavy atom. The summed E-state index contributed by atoms with van der Waals surface area (Å²) in [7, 11) is 2.12. The van der Waals surface area contributed by atoms with Crippen molar-refractivity contribution in [2.45, 2.75) is 0 Å². The van der Waals surface area contributed by atoms with Gasteiger partial charge in [-0.3, -0.25) is 4.99 Å². The molecule has 0 amide bonds. The van der Waals surface area contributed by atoms with Crippen LogP contribution in [0.3, 0.4) is 0 Å². The van der Waals surface area contributed by atoms with E-state index in [4.69, 9.17) is 0 Å². The molecule has 0 fully saturated rings. The standard InChI is InChI=1S/C13H12N3/c1-16-8-7-14-9-12(16)10-15-13(16)11-5-3-2-4-6-11/h2-10H,1H3/q+1. The molecule has 2 aliphatic rings. The Morgan fingerprint density at radius 2 is 1.94 bits per heavy atom. The molecule has 0 bridgehead atoms. The average Bonchev–Trinajstić information content (AvgIpc) is 2.67. The highest BCUT2D eigenvalue weighted by molar-refractivity contribution is 5.99. The van der Waals surface area contributed by atoms with Crippen molar-refractivity contribution in [1.29, 1.82) is 0 Å². The quantitative estimate of drug-likeness (QED) is 0.635. The lowest BCUT2D eigenvalue weighted by Gasteiger charge is -2.27. The summed E-state index contributed by atoms with van der Waals surface area (Å²) in [4.78, 5) is 8.64.